The number of carboxylic acid groups (broad SMARTS) is 1. The second-order valence-electron chi connectivity index (χ2n) is 5.07. The minimum absolute atomic E-state index is 0.0355. The number of rotatable bonds is 9. The zero-order valence-electron chi connectivity index (χ0n) is 12.2. The van der Waals surface area contributed by atoms with Crippen molar-refractivity contribution in [2.45, 2.75) is 37.8 Å². The van der Waals surface area contributed by atoms with E-state index in [0.717, 1.165) is 0 Å². The number of carbonyl (C=O) groups excluding carboxylic acids is 1. The van der Waals surface area contributed by atoms with Gasteiger partial charge in [-0.1, -0.05) is 0 Å². The van der Waals surface area contributed by atoms with E-state index in [2.05, 4.69) is 4.84 Å². The van der Waals surface area contributed by atoms with E-state index in [1.165, 1.54) is 0 Å². The van der Waals surface area contributed by atoms with Gasteiger partial charge in [0.2, 0.25) is 0 Å². The first-order valence-electron chi connectivity index (χ1n) is 7.06. The fourth-order valence-electron chi connectivity index (χ4n) is 2.12. The molecular formula is C12H21N3O7. The van der Waals surface area contributed by atoms with Gasteiger partial charge in [-0.3, -0.25) is 14.5 Å². The fourth-order valence-corrected chi connectivity index (χ4v) is 2.12. The zero-order chi connectivity index (χ0) is 16.5. The molecule has 1 unspecified atom stereocenters. The third-order valence-electron chi connectivity index (χ3n) is 3.42. The summed E-state index contributed by atoms with van der Waals surface area (Å²) in [4.78, 5) is 38.6. The van der Waals surface area contributed by atoms with Gasteiger partial charge in [-0.25, -0.2) is 0 Å². The predicted octanol–water partition coefficient (Wildman–Crippen LogP) is -0.606. The van der Waals surface area contributed by atoms with Crippen molar-refractivity contribution in [3.05, 3.63) is 10.1 Å². The van der Waals surface area contributed by atoms with Gasteiger partial charge in [-0.15, -0.1) is 10.1 Å². The van der Waals surface area contributed by atoms with Crippen LogP contribution in [0.15, 0.2) is 0 Å². The molecule has 0 bridgehead atoms. The Balaban J connectivity index is 2.09. The summed E-state index contributed by atoms with van der Waals surface area (Å²) in [5, 5.41) is 18.0. The zero-order valence-corrected chi connectivity index (χ0v) is 12.2. The van der Waals surface area contributed by atoms with Crippen LogP contribution in [0.25, 0.3) is 0 Å². The summed E-state index contributed by atoms with van der Waals surface area (Å²) in [7, 11) is 0. The highest BCUT2D eigenvalue weighted by atomic mass is 17.0. The number of piperidine rings is 1. The van der Waals surface area contributed by atoms with Gasteiger partial charge in [0.25, 0.3) is 5.09 Å². The molecule has 0 amide bonds. The molecule has 0 aromatic rings. The van der Waals surface area contributed by atoms with Gasteiger partial charge in [0.1, 0.15) is 18.8 Å². The number of likely N-dealkylation sites (tertiary alicyclic amines) is 1. The minimum atomic E-state index is -1.15. The van der Waals surface area contributed by atoms with Crippen molar-refractivity contribution in [3.63, 3.8) is 0 Å². The van der Waals surface area contributed by atoms with Crippen LogP contribution in [0.5, 0.6) is 0 Å². The Bertz CT molecular complexity index is 396. The van der Waals surface area contributed by atoms with Crippen LogP contribution in [0.3, 0.4) is 0 Å². The van der Waals surface area contributed by atoms with Crippen molar-refractivity contribution >= 4 is 11.9 Å². The van der Waals surface area contributed by atoms with Crippen LogP contribution < -0.4 is 5.73 Å². The molecule has 1 heterocycles. The molecule has 0 saturated carbocycles. The average molecular weight is 319 g/mol. The summed E-state index contributed by atoms with van der Waals surface area (Å²) in [6, 6.07) is -1.06. The van der Waals surface area contributed by atoms with Crippen LogP contribution in [-0.4, -0.2) is 65.4 Å². The molecule has 1 aliphatic rings. The van der Waals surface area contributed by atoms with Gasteiger partial charge in [0, 0.05) is 26.1 Å². The Morgan fingerprint density at radius 1 is 1.41 bits per heavy atom. The summed E-state index contributed by atoms with van der Waals surface area (Å²) in [6.07, 6.45) is 0.751. The van der Waals surface area contributed by atoms with Crippen LogP contribution >= 0.6 is 0 Å². The lowest BCUT2D eigenvalue weighted by Crippen LogP contribution is -2.39. The minimum Gasteiger partial charge on any atom is -0.480 e. The third-order valence-corrected chi connectivity index (χ3v) is 3.42. The molecule has 126 valence electrons. The van der Waals surface area contributed by atoms with Crippen LogP contribution in [0.2, 0.25) is 0 Å². The molecular weight excluding hydrogens is 298 g/mol. The van der Waals surface area contributed by atoms with Crippen LogP contribution in [0, 0.1) is 10.1 Å². The quantitative estimate of drug-likeness (QED) is 0.323. The predicted molar refractivity (Wildman–Crippen MR) is 73.3 cm³/mol. The largest absolute Gasteiger partial charge is 0.480 e. The van der Waals surface area contributed by atoms with Crippen molar-refractivity contribution in [2.75, 3.05) is 26.2 Å². The van der Waals surface area contributed by atoms with Crippen molar-refractivity contribution in [1.29, 1.82) is 0 Å². The third kappa shape index (κ3) is 7.18. The number of esters is 1. The molecule has 0 aromatic carbocycles. The van der Waals surface area contributed by atoms with Crippen LogP contribution in [0.4, 0.5) is 0 Å². The second-order valence-corrected chi connectivity index (χ2v) is 5.07. The Kier molecular flexibility index (Phi) is 7.54. The lowest BCUT2D eigenvalue weighted by molar-refractivity contribution is -0.769. The van der Waals surface area contributed by atoms with Gasteiger partial charge in [0.15, 0.2) is 0 Å². The highest BCUT2D eigenvalue weighted by Crippen LogP contribution is 2.13. The average Bonchev–Trinajstić information content (AvgIpc) is 2.46. The molecule has 0 aliphatic carbocycles. The topological polar surface area (TPSA) is 145 Å². The summed E-state index contributed by atoms with van der Waals surface area (Å²) in [5.74, 6) is -1.63. The van der Waals surface area contributed by atoms with Gasteiger partial charge >= 0.3 is 11.9 Å². The summed E-state index contributed by atoms with van der Waals surface area (Å²) in [5.41, 5.74) is 5.28. The fraction of sp³-hybridized carbons (Fsp3) is 0.833. The first-order chi connectivity index (χ1) is 10.4. The number of carboxylic acids is 1. The van der Waals surface area contributed by atoms with Crippen LogP contribution in [0.1, 0.15) is 25.7 Å². The van der Waals surface area contributed by atoms with E-state index >= 15 is 0 Å². The molecule has 1 saturated heterocycles. The summed E-state index contributed by atoms with van der Waals surface area (Å²) < 4.78 is 5.00. The molecule has 0 spiro atoms. The first-order valence-corrected chi connectivity index (χ1v) is 7.06. The highest BCUT2D eigenvalue weighted by Gasteiger charge is 2.22. The normalized spacial score (nSPS) is 17.7. The molecule has 22 heavy (non-hydrogen) atoms. The number of nitrogens with zero attached hydrogens (tertiary/aromatic N) is 2. The van der Waals surface area contributed by atoms with E-state index in [4.69, 9.17) is 15.6 Å². The van der Waals surface area contributed by atoms with E-state index in [0.29, 0.717) is 32.5 Å². The molecule has 1 atom stereocenters. The summed E-state index contributed by atoms with van der Waals surface area (Å²) in [6.45, 7) is 2.00. The SMILES string of the molecule is NC(CCC(=O)OCCN1CCC(O[N+](=O)[O-])CC1)C(=O)O. The van der Waals surface area contributed by atoms with Gasteiger partial charge in [-0.2, -0.15) is 0 Å². The van der Waals surface area contributed by atoms with Gasteiger partial charge in [0.05, 0.1) is 0 Å². The van der Waals surface area contributed by atoms with Crippen molar-refractivity contribution in [2.24, 2.45) is 5.73 Å². The lowest BCUT2D eigenvalue weighted by atomic mass is 10.1. The maximum absolute atomic E-state index is 11.4. The van der Waals surface area contributed by atoms with E-state index in [1.54, 1.807) is 0 Å². The van der Waals surface area contributed by atoms with E-state index < -0.39 is 23.1 Å². The number of hydrogen-bond acceptors (Lipinski definition) is 8. The van der Waals surface area contributed by atoms with Gasteiger partial charge < -0.3 is 20.4 Å². The monoisotopic (exact) mass is 319 g/mol. The lowest BCUT2D eigenvalue weighted by Gasteiger charge is -2.30. The smallest absolute Gasteiger partial charge is 0.320 e. The Labute approximate surface area is 127 Å². The molecule has 0 radical (unpaired) electrons. The first kappa shape index (κ1) is 18.1. The van der Waals surface area contributed by atoms with Crippen molar-refractivity contribution in [3.8, 4) is 0 Å². The van der Waals surface area contributed by atoms with Crippen molar-refractivity contribution in [1.82, 2.24) is 4.90 Å². The van der Waals surface area contributed by atoms with E-state index in [9.17, 15) is 19.7 Å². The molecule has 3 N–H and O–H groups in total. The number of carbonyl (C=O) groups is 2. The Hall–Kier alpha value is -1.94. The van der Waals surface area contributed by atoms with Crippen molar-refractivity contribution < 1.29 is 29.4 Å². The number of aliphatic carboxylic acids is 1. The molecule has 1 aliphatic heterocycles. The maximum atomic E-state index is 11.4. The molecule has 10 nitrogen and oxygen atoms in total. The summed E-state index contributed by atoms with van der Waals surface area (Å²) >= 11 is 0. The molecule has 10 heteroatoms. The Morgan fingerprint density at radius 2 is 2.05 bits per heavy atom. The van der Waals surface area contributed by atoms with Gasteiger partial charge in [-0.05, 0) is 19.3 Å². The van der Waals surface area contributed by atoms with Crippen LogP contribution in [-0.2, 0) is 19.2 Å². The highest BCUT2D eigenvalue weighted by molar-refractivity contribution is 5.75. The second kappa shape index (κ2) is 9.15. The van der Waals surface area contributed by atoms with E-state index in [1.807, 2.05) is 4.90 Å². The number of nitrogens with two attached hydrogens (primary N) is 1. The Morgan fingerprint density at radius 3 is 2.59 bits per heavy atom. The van der Waals surface area contributed by atoms with E-state index in [-0.39, 0.29) is 25.6 Å². The maximum Gasteiger partial charge on any atom is 0.320 e. The standard InChI is InChI=1S/C12H21N3O7/c13-10(12(17)18)1-2-11(16)21-8-7-14-5-3-9(4-6-14)22-15(19)20/h9-10H,1-8,13H2,(H,17,18). The number of ether oxygens (including phenoxy) is 1. The molecule has 1 fully saturated rings. The molecule has 1 rings (SSSR count). The number of hydrogen-bond donors (Lipinski definition) is 2. The molecule has 0 aromatic heterocycles.